The van der Waals surface area contributed by atoms with E-state index in [0.717, 1.165) is 11.1 Å². The molecule has 228 valence electrons. The van der Waals surface area contributed by atoms with Gasteiger partial charge in [0.1, 0.15) is 18.2 Å². The maximum atomic E-state index is 14.1. The Morgan fingerprint density at radius 3 is 2.24 bits per heavy atom. The predicted molar refractivity (Wildman–Crippen MR) is 166 cm³/mol. The van der Waals surface area contributed by atoms with E-state index in [1.807, 2.05) is 0 Å². The van der Waals surface area contributed by atoms with E-state index in [2.05, 4.69) is 53.4 Å². The second-order valence-electron chi connectivity index (χ2n) is 11.4. The minimum atomic E-state index is -2.44. The predicted octanol–water partition coefficient (Wildman–Crippen LogP) is 7.37. The van der Waals surface area contributed by atoms with E-state index in [4.69, 9.17) is 13.9 Å². The van der Waals surface area contributed by atoms with E-state index in [-0.39, 0.29) is 46.9 Å². The molecule has 0 spiro atoms. The van der Waals surface area contributed by atoms with Crippen LogP contribution in [-0.4, -0.2) is 56.7 Å². The van der Waals surface area contributed by atoms with Crippen LogP contribution >= 0.6 is 0 Å². The normalized spacial score (nSPS) is 15.2. The number of nitrogens with one attached hydrogen (secondary N) is 1. The molecule has 1 aliphatic heterocycles. The summed E-state index contributed by atoms with van der Waals surface area (Å²) in [4.78, 5) is 28.2. The molecule has 10 heteroatoms. The van der Waals surface area contributed by atoms with Gasteiger partial charge in [-0.3, -0.25) is 10.1 Å². The molecule has 0 bridgehead atoms. The highest BCUT2D eigenvalue weighted by molar-refractivity contribution is 6.78. The number of carbonyl (C=O) groups excluding carboxylic acids is 2. The molecule has 1 aliphatic rings. The summed E-state index contributed by atoms with van der Waals surface area (Å²) >= 11 is 0. The van der Waals surface area contributed by atoms with Crippen LogP contribution in [0.4, 0.5) is 14.9 Å². The van der Waals surface area contributed by atoms with E-state index in [0.29, 0.717) is 17.9 Å². The summed E-state index contributed by atoms with van der Waals surface area (Å²) in [7, 11) is -0.935. The maximum absolute atomic E-state index is 14.1. The molecule has 2 amide bonds. The Labute approximate surface area is 249 Å². The molecule has 8 nitrogen and oxygen atoms in total. The number of ether oxygens (including phenoxy) is 2. The van der Waals surface area contributed by atoms with Crippen LogP contribution in [0.2, 0.25) is 16.6 Å². The largest absolute Gasteiger partial charge is 0.540 e. The van der Waals surface area contributed by atoms with E-state index < -0.39 is 26.4 Å². The van der Waals surface area contributed by atoms with Crippen molar-refractivity contribution in [1.82, 2.24) is 4.90 Å². The average Bonchev–Trinajstić information content (AvgIpc) is 3.38. The summed E-state index contributed by atoms with van der Waals surface area (Å²) in [6.45, 7) is 16.2. The van der Waals surface area contributed by atoms with Crippen LogP contribution in [0.5, 0.6) is 11.5 Å². The van der Waals surface area contributed by atoms with Gasteiger partial charge in [0.15, 0.2) is 5.75 Å². The standard InChI is InChI=1S/C32H43FN2O6Si/c1-9-14-40-32(38)34-28-17-30(41-42(20(2)3,21(4)5)22(6)7)29(39-8)16-27(28)31(37)35-18-24(15-26(35)19-36)23-10-12-25(33)13-11-23/h9-13,16-18,20-22,26,36H,1,14-15,19H2,2-8H3,(H,34,38)/t26-/m0/s1. The van der Waals surface area contributed by atoms with Gasteiger partial charge in [-0.05, 0) is 52.4 Å². The number of hydrogen-bond acceptors (Lipinski definition) is 6. The first-order valence-corrected chi connectivity index (χ1v) is 16.4. The van der Waals surface area contributed by atoms with E-state index in [1.54, 1.807) is 30.5 Å². The van der Waals surface area contributed by atoms with Gasteiger partial charge in [0.25, 0.3) is 14.2 Å². The highest BCUT2D eigenvalue weighted by Crippen LogP contribution is 2.46. The summed E-state index contributed by atoms with van der Waals surface area (Å²) < 4.78 is 31.3. The summed E-state index contributed by atoms with van der Waals surface area (Å²) in [6.07, 6.45) is 2.71. The fraction of sp³-hybridized carbons (Fsp3) is 0.438. The van der Waals surface area contributed by atoms with Crippen LogP contribution in [0.25, 0.3) is 5.57 Å². The van der Waals surface area contributed by atoms with Gasteiger partial charge >= 0.3 is 6.09 Å². The van der Waals surface area contributed by atoms with Gasteiger partial charge in [0.05, 0.1) is 31.0 Å². The summed E-state index contributed by atoms with van der Waals surface area (Å²) in [5.74, 6) is -0.0461. The van der Waals surface area contributed by atoms with Crippen LogP contribution in [-0.2, 0) is 4.74 Å². The number of anilines is 1. The number of rotatable bonds is 12. The quantitative estimate of drug-likeness (QED) is 0.196. The van der Waals surface area contributed by atoms with Crippen molar-refractivity contribution in [3.8, 4) is 11.5 Å². The first-order chi connectivity index (χ1) is 19.9. The fourth-order valence-corrected chi connectivity index (χ4v) is 11.2. The van der Waals surface area contributed by atoms with Gasteiger partial charge in [-0.2, -0.15) is 0 Å². The lowest BCUT2D eigenvalue weighted by Crippen LogP contribution is -2.50. The smallest absolute Gasteiger partial charge is 0.411 e. The van der Waals surface area contributed by atoms with E-state index >= 15 is 0 Å². The molecule has 0 radical (unpaired) electrons. The Kier molecular flexibility index (Phi) is 11.0. The van der Waals surface area contributed by atoms with Crippen molar-refractivity contribution in [2.45, 2.75) is 70.6 Å². The third-order valence-electron chi connectivity index (χ3n) is 7.90. The Bertz CT molecular complexity index is 1290. The zero-order valence-electron chi connectivity index (χ0n) is 25.6. The monoisotopic (exact) mass is 598 g/mol. The molecular formula is C32H43FN2O6Si. The lowest BCUT2D eigenvalue weighted by Gasteiger charge is -2.42. The number of benzene rings is 2. The van der Waals surface area contributed by atoms with Crippen LogP contribution < -0.4 is 14.5 Å². The molecular weight excluding hydrogens is 555 g/mol. The number of aliphatic hydroxyl groups is 1. The number of carbonyl (C=O) groups is 2. The van der Waals surface area contributed by atoms with Crippen molar-refractivity contribution in [3.63, 3.8) is 0 Å². The average molecular weight is 599 g/mol. The molecule has 2 N–H and O–H groups in total. The zero-order chi connectivity index (χ0) is 31.2. The van der Waals surface area contributed by atoms with Crippen LogP contribution in [0.3, 0.4) is 0 Å². The van der Waals surface area contributed by atoms with Crippen LogP contribution in [0.1, 0.15) is 63.9 Å². The molecule has 0 saturated heterocycles. The summed E-state index contributed by atoms with van der Waals surface area (Å²) in [5, 5.41) is 12.9. The van der Waals surface area contributed by atoms with Crippen molar-refractivity contribution in [3.05, 3.63) is 72.2 Å². The highest BCUT2D eigenvalue weighted by atomic mass is 28.4. The number of amides is 2. The van der Waals surface area contributed by atoms with Crippen molar-refractivity contribution in [2.75, 3.05) is 25.6 Å². The SMILES string of the molecule is C=CCOC(=O)Nc1cc(O[Si](C(C)C)(C(C)C)C(C)C)c(OC)cc1C(=O)N1C=C(c2ccc(F)cc2)C[C@H]1CO. The van der Waals surface area contributed by atoms with Crippen molar-refractivity contribution >= 4 is 31.6 Å². The molecule has 0 unspecified atom stereocenters. The maximum Gasteiger partial charge on any atom is 0.411 e. The van der Waals surface area contributed by atoms with Gasteiger partial charge < -0.3 is 23.9 Å². The Hall–Kier alpha value is -3.63. The third-order valence-corrected chi connectivity index (χ3v) is 13.9. The van der Waals surface area contributed by atoms with Crippen LogP contribution in [0.15, 0.2) is 55.3 Å². The molecule has 2 aromatic rings. The number of halogens is 1. The van der Waals surface area contributed by atoms with Crippen molar-refractivity contribution < 1.29 is 33.0 Å². The number of methoxy groups -OCH3 is 1. The minimum absolute atomic E-state index is 0.0127. The molecule has 1 heterocycles. The van der Waals surface area contributed by atoms with Gasteiger partial charge in [-0.1, -0.05) is 66.3 Å². The van der Waals surface area contributed by atoms with Gasteiger partial charge in [-0.25, -0.2) is 9.18 Å². The Morgan fingerprint density at radius 2 is 1.71 bits per heavy atom. The van der Waals surface area contributed by atoms with Gasteiger partial charge in [-0.15, -0.1) is 0 Å². The number of nitrogens with zero attached hydrogens (tertiary/aromatic N) is 1. The molecule has 0 saturated carbocycles. The summed E-state index contributed by atoms with van der Waals surface area (Å²) in [6, 6.07) is 8.59. The molecule has 0 fully saturated rings. The lowest BCUT2D eigenvalue weighted by molar-refractivity contribution is 0.0733. The number of hydrogen-bond donors (Lipinski definition) is 2. The lowest BCUT2D eigenvalue weighted by atomic mass is 10.0. The van der Waals surface area contributed by atoms with Gasteiger partial charge in [0.2, 0.25) is 0 Å². The second-order valence-corrected chi connectivity index (χ2v) is 16.8. The van der Waals surface area contributed by atoms with Crippen LogP contribution in [0, 0.1) is 5.82 Å². The first-order valence-electron chi connectivity index (χ1n) is 14.2. The molecule has 42 heavy (non-hydrogen) atoms. The van der Waals surface area contributed by atoms with Crippen molar-refractivity contribution in [2.24, 2.45) is 0 Å². The number of aliphatic hydroxyl groups excluding tert-OH is 1. The van der Waals surface area contributed by atoms with E-state index in [9.17, 15) is 19.1 Å². The zero-order valence-corrected chi connectivity index (χ0v) is 26.6. The highest BCUT2D eigenvalue weighted by Gasteiger charge is 2.47. The fourth-order valence-electron chi connectivity index (χ4n) is 5.95. The third kappa shape index (κ3) is 6.87. The summed E-state index contributed by atoms with van der Waals surface area (Å²) in [5.41, 5.74) is 2.64. The Morgan fingerprint density at radius 1 is 1.10 bits per heavy atom. The van der Waals surface area contributed by atoms with Crippen molar-refractivity contribution in [1.29, 1.82) is 0 Å². The Balaban J connectivity index is 2.13. The molecule has 2 aromatic carbocycles. The second kappa shape index (κ2) is 14.0. The van der Waals surface area contributed by atoms with Gasteiger partial charge in [0, 0.05) is 12.3 Å². The topological polar surface area (TPSA) is 97.3 Å². The molecule has 0 aliphatic carbocycles. The molecule has 3 rings (SSSR count). The molecule has 0 aromatic heterocycles. The molecule has 1 atom stereocenters. The van der Waals surface area contributed by atoms with E-state index in [1.165, 1.54) is 30.2 Å². The minimum Gasteiger partial charge on any atom is -0.540 e. The first kappa shape index (κ1) is 32.9.